The second-order valence-corrected chi connectivity index (χ2v) is 7.13. The van der Waals surface area contributed by atoms with Crippen molar-refractivity contribution < 1.29 is 8.42 Å². The van der Waals surface area contributed by atoms with Crippen molar-refractivity contribution in [1.29, 1.82) is 0 Å². The number of nitrogens with zero attached hydrogens (tertiary/aromatic N) is 1. The van der Waals surface area contributed by atoms with Crippen molar-refractivity contribution in [3.05, 3.63) is 18.5 Å². The van der Waals surface area contributed by atoms with Crippen LogP contribution >= 0.6 is 0 Å². The van der Waals surface area contributed by atoms with Gasteiger partial charge in [0.2, 0.25) is 10.0 Å². The van der Waals surface area contributed by atoms with Gasteiger partial charge in [-0.15, -0.1) is 0 Å². The number of hydrogen-bond donors (Lipinski definition) is 2. The van der Waals surface area contributed by atoms with Gasteiger partial charge in [0.25, 0.3) is 0 Å². The van der Waals surface area contributed by atoms with Crippen LogP contribution in [0.4, 0.5) is 5.69 Å². The van der Waals surface area contributed by atoms with Gasteiger partial charge in [0.05, 0.1) is 5.69 Å². The van der Waals surface area contributed by atoms with Gasteiger partial charge in [0.15, 0.2) is 0 Å². The summed E-state index contributed by atoms with van der Waals surface area (Å²) in [7, 11) is -3.59. The van der Waals surface area contributed by atoms with Crippen LogP contribution in [0.3, 0.4) is 0 Å². The fraction of sp³-hybridized carbons (Fsp3) is 0.643. The van der Waals surface area contributed by atoms with Gasteiger partial charge in [-0.25, -0.2) is 13.1 Å². The highest BCUT2D eigenvalue weighted by Gasteiger charge is 2.28. The summed E-state index contributed by atoms with van der Waals surface area (Å²) in [4.78, 5) is 3.94. The molecule has 1 aliphatic rings. The third-order valence-electron chi connectivity index (χ3n) is 4.07. The predicted molar refractivity (Wildman–Crippen MR) is 79.6 cm³/mol. The lowest BCUT2D eigenvalue weighted by Gasteiger charge is -2.30. The highest BCUT2D eigenvalue weighted by molar-refractivity contribution is 7.89. The topological polar surface area (TPSA) is 85.1 Å². The zero-order valence-corrected chi connectivity index (χ0v) is 12.7. The first-order valence-electron chi connectivity index (χ1n) is 7.26. The smallest absolute Gasteiger partial charge is 0.244 e. The molecule has 3 N–H and O–H groups in total. The minimum Gasteiger partial charge on any atom is -0.398 e. The quantitative estimate of drug-likeness (QED) is 0.873. The first kappa shape index (κ1) is 15.3. The van der Waals surface area contributed by atoms with E-state index < -0.39 is 10.0 Å². The van der Waals surface area contributed by atoms with Gasteiger partial charge < -0.3 is 5.73 Å². The maximum absolute atomic E-state index is 12.4. The molecule has 1 unspecified atom stereocenters. The molecule has 0 aliphatic heterocycles. The normalized spacial score (nSPS) is 18.9. The Morgan fingerprint density at radius 1 is 1.40 bits per heavy atom. The minimum absolute atomic E-state index is 0.0140. The maximum atomic E-state index is 12.4. The molecule has 0 saturated heterocycles. The fourth-order valence-electron chi connectivity index (χ4n) is 2.93. The lowest BCUT2D eigenvalue weighted by Crippen LogP contribution is -2.40. The number of nitrogens with one attached hydrogen (secondary N) is 1. The van der Waals surface area contributed by atoms with Gasteiger partial charge in [-0.2, -0.15) is 0 Å². The predicted octanol–water partition coefficient (Wildman–Crippen LogP) is 2.30. The van der Waals surface area contributed by atoms with E-state index in [9.17, 15) is 8.42 Å². The molecule has 1 aromatic rings. The van der Waals surface area contributed by atoms with Crippen molar-refractivity contribution in [2.75, 3.05) is 5.73 Å². The molecule has 1 saturated carbocycles. The average Bonchev–Trinajstić information content (AvgIpc) is 2.46. The number of anilines is 1. The SMILES string of the molecule is CCC(NS(=O)(=O)c1cnccc1N)C1CCCCC1. The highest BCUT2D eigenvalue weighted by Crippen LogP contribution is 2.29. The number of nitrogen functional groups attached to an aromatic ring is 1. The monoisotopic (exact) mass is 297 g/mol. The Bertz CT molecular complexity index is 539. The molecular weight excluding hydrogens is 274 g/mol. The Morgan fingerprint density at radius 3 is 2.70 bits per heavy atom. The second-order valence-electron chi connectivity index (χ2n) is 5.45. The summed E-state index contributed by atoms with van der Waals surface area (Å²) in [5.74, 6) is 0.432. The summed E-state index contributed by atoms with van der Waals surface area (Å²) >= 11 is 0. The molecule has 0 amide bonds. The average molecular weight is 297 g/mol. The number of rotatable bonds is 5. The van der Waals surface area contributed by atoms with Crippen molar-refractivity contribution in [1.82, 2.24) is 9.71 Å². The lowest BCUT2D eigenvalue weighted by molar-refractivity contribution is 0.285. The van der Waals surface area contributed by atoms with E-state index >= 15 is 0 Å². The van der Waals surface area contributed by atoms with E-state index in [1.54, 1.807) is 0 Å². The van der Waals surface area contributed by atoms with Gasteiger partial charge in [-0.1, -0.05) is 26.2 Å². The first-order valence-corrected chi connectivity index (χ1v) is 8.74. The van der Waals surface area contributed by atoms with E-state index in [-0.39, 0.29) is 16.6 Å². The molecule has 1 heterocycles. The Kier molecular flexibility index (Phi) is 4.99. The van der Waals surface area contributed by atoms with Crippen LogP contribution in [-0.2, 0) is 10.0 Å². The molecule has 2 rings (SSSR count). The van der Waals surface area contributed by atoms with E-state index in [4.69, 9.17) is 5.73 Å². The summed E-state index contributed by atoms with van der Waals surface area (Å²) in [6, 6.07) is 1.50. The van der Waals surface area contributed by atoms with E-state index in [1.807, 2.05) is 6.92 Å². The minimum atomic E-state index is -3.59. The van der Waals surface area contributed by atoms with Crippen LogP contribution < -0.4 is 10.5 Å². The van der Waals surface area contributed by atoms with Crippen LogP contribution in [0.25, 0.3) is 0 Å². The molecule has 1 aliphatic carbocycles. The van der Waals surface area contributed by atoms with Crippen LogP contribution in [0.2, 0.25) is 0 Å². The van der Waals surface area contributed by atoms with Crippen LogP contribution in [0.5, 0.6) is 0 Å². The van der Waals surface area contributed by atoms with Crippen molar-refractivity contribution in [3.8, 4) is 0 Å². The summed E-state index contributed by atoms with van der Waals surface area (Å²) in [6.07, 6.45) is 9.44. The van der Waals surface area contributed by atoms with Crippen LogP contribution in [0, 0.1) is 5.92 Å². The van der Waals surface area contributed by atoms with E-state index in [0.717, 1.165) is 19.3 Å². The van der Waals surface area contributed by atoms with Crippen molar-refractivity contribution in [3.63, 3.8) is 0 Å². The van der Waals surface area contributed by atoms with Crippen LogP contribution in [0.15, 0.2) is 23.4 Å². The zero-order chi connectivity index (χ0) is 14.6. The molecule has 0 aromatic carbocycles. The Hall–Kier alpha value is -1.14. The number of hydrogen-bond acceptors (Lipinski definition) is 4. The standard InChI is InChI=1S/C14H23N3O2S/c1-2-13(11-6-4-3-5-7-11)17-20(18,19)14-10-16-9-8-12(14)15/h8-11,13,17H,2-7H2,1H3,(H2,15,16). The molecule has 6 heteroatoms. The molecular formula is C14H23N3O2S. The first-order chi connectivity index (χ1) is 9.54. The van der Waals surface area contributed by atoms with Gasteiger partial charge in [-0.3, -0.25) is 4.98 Å². The zero-order valence-electron chi connectivity index (χ0n) is 11.9. The van der Waals surface area contributed by atoms with Gasteiger partial charge in [0.1, 0.15) is 4.90 Å². The fourth-order valence-corrected chi connectivity index (χ4v) is 4.39. The van der Waals surface area contributed by atoms with E-state index in [1.165, 1.54) is 37.7 Å². The third-order valence-corrected chi connectivity index (χ3v) is 5.60. The Morgan fingerprint density at radius 2 is 2.10 bits per heavy atom. The Balaban J connectivity index is 2.15. The van der Waals surface area contributed by atoms with Crippen LogP contribution in [-0.4, -0.2) is 19.4 Å². The second kappa shape index (κ2) is 6.54. The van der Waals surface area contributed by atoms with E-state index in [0.29, 0.717) is 5.92 Å². The Labute approximate surface area is 121 Å². The number of aromatic nitrogens is 1. The molecule has 20 heavy (non-hydrogen) atoms. The lowest BCUT2D eigenvalue weighted by atomic mass is 9.83. The number of sulfonamides is 1. The van der Waals surface area contributed by atoms with Gasteiger partial charge in [-0.05, 0) is 31.2 Å². The third kappa shape index (κ3) is 3.49. The molecule has 0 radical (unpaired) electrons. The van der Waals surface area contributed by atoms with Crippen molar-refractivity contribution in [2.45, 2.75) is 56.4 Å². The molecule has 1 atom stereocenters. The molecule has 1 aromatic heterocycles. The molecule has 112 valence electrons. The maximum Gasteiger partial charge on any atom is 0.244 e. The molecule has 0 spiro atoms. The summed E-state index contributed by atoms with van der Waals surface area (Å²) < 4.78 is 27.7. The largest absolute Gasteiger partial charge is 0.398 e. The summed E-state index contributed by atoms with van der Waals surface area (Å²) in [5, 5.41) is 0. The highest BCUT2D eigenvalue weighted by atomic mass is 32.2. The van der Waals surface area contributed by atoms with Crippen molar-refractivity contribution in [2.24, 2.45) is 5.92 Å². The number of pyridine rings is 1. The molecule has 1 fully saturated rings. The van der Waals surface area contributed by atoms with Crippen molar-refractivity contribution >= 4 is 15.7 Å². The molecule has 5 nitrogen and oxygen atoms in total. The summed E-state index contributed by atoms with van der Waals surface area (Å²) in [5.41, 5.74) is 5.98. The van der Waals surface area contributed by atoms with Gasteiger partial charge >= 0.3 is 0 Å². The molecule has 0 bridgehead atoms. The van der Waals surface area contributed by atoms with E-state index in [2.05, 4.69) is 9.71 Å². The summed E-state index contributed by atoms with van der Waals surface area (Å²) in [6.45, 7) is 2.02. The van der Waals surface area contributed by atoms with Crippen LogP contribution in [0.1, 0.15) is 45.4 Å². The van der Waals surface area contributed by atoms with Gasteiger partial charge in [0, 0.05) is 18.4 Å². The number of nitrogens with two attached hydrogens (primary N) is 1.